The lowest BCUT2D eigenvalue weighted by molar-refractivity contribution is -0.140. The molecular weight excluding hydrogens is 221 g/mol. The van der Waals surface area contributed by atoms with Crippen LogP contribution in [0.3, 0.4) is 0 Å². The number of fused-ring (bicyclic) bond motifs is 1. The molecule has 0 spiro atoms. The smallest absolute Gasteiger partial charge is 0.298 e. The fraction of sp³-hybridized carbons (Fsp3) is 0.200. The third-order valence-electron chi connectivity index (χ3n) is 2.31. The summed E-state index contributed by atoms with van der Waals surface area (Å²) < 4.78 is 39.1. The van der Waals surface area contributed by atoms with Crippen molar-refractivity contribution in [2.75, 3.05) is 0 Å². The third kappa shape index (κ3) is 1.46. The quantitative estimate of drug-likeness (QED) is 0.702. The summed E-state index contributed by atoms with van der Waals surface area (Å²) >= 11 is 0. The Kier molecular flexibility index (Phi) is 2.22. The van der Waals surface area contributed by atoms with Crippen molar-refractivity contribution in [3.8, 4) is 0 Å². The molecule has 16 heavy (non-hydrogen) atoms. The largest absolute Gasteiger partial charge is 0.435 e. The van der Waals surface area contributed by atoms with Crippen LogP contribution in [0.4, 0.5) is 13.2 Å². The first-order chi connectivity index (χ1) is 7.45. The van der Waals surface area contributed by atoms with Crippen molar-refractivity contribution in [3.05, 3.63) is 29.5 Å². The van der Waals surface area contributed by atoms with Crippen LogP contribution in [0.15, 0.2) is 18.2 Å². The van der Waals surface area contributed by atoms with Gasteiger partial charge in [-0.25, -0.2) is 0 Å². The van der Waals surface area contributed by atoms with Crippen molar-refractivity contribution in [3.63, 3.8) is 0 Å². The molecule has 0 radical (unpaired) electrons. The van der Waals surface area contributed by atoms with Crippen molar-refractivity contribution in [2.45, 2.75) is 6.18 Å². The van der Waals surface area contributed by atoms with E-state index in [-0.39, 0.29) is 16.5 Å². The normalized spacial score (nSPS) is 12.0. The highest BCUT2D eigenvalue weighted by Gasteiger charge is 2.37. The topological polar surface area (TPSA) is 34.9 Å². The van der Waals surface area contributed by atoms with E-state index in [0.717, 1.165) is 4.68 Å². The van der Waals surface area contributed by atoms with Crippen molar-refractivity contribution in [2.24, 2.45) is 7.05 Å². The zero-order valence-corrected chi connectivity index (χ0v) is 8.25. The number of alkyl halides is 3. The second kappa shape index (κ2) is 3.33. The molecule has 0 unspecified atom stereocenters. The maximum atomic E-state index is 12.7. The van der Waals surface area contributed by atoms with Gasteiger partial charge in [0.05, 0.1) is 5.52 Å². The Morgan fingerprint density at radius 2 is 2.06 bits per heavy atom. The van der Waals surface area contributed by atoms with E-state index in [0.29, 0.717) is 6.29 Å². The average molecular weight is 228 g/mol. The van der Waals surface area contributed by atoms with Gasteiger partial charge < -0.3 is 0 Å². The van der Waals surface area contributed by atoms with Crippen LogP contribution >= 0.6 is 0 Å². The molecule has 0 atom stereocenters. The number of aldehydes is 1. The zero-order valence-electron chi connectivity index (χ0n) is 8.25. The minimum Gasteiger partial charge on any atom is -0.298 e. The summed E-state index contributed by atoms with van der Waals surface area (Å²) in [7, 11) is 1.41. The minimum absolute atomic E-state index is 0.00192. The fourth-order valence-electron chi connectivity index (χ4n) is 1.64. The van der Waals surface area contributed by atoms with Crippen molar-refractivity contribution in [1.82, 2.24) is 9.78 Å². The van der Waals surface area contributed by atoms with Gasteiger partial charge in [-0.1, -0.05) is 12.1 Å². The lowest BCUT2D eigenvalue weighted by Gasteiger charge is -2.03. The Labute approximate surface area is 88.5 Å². The van der Waals surface area contributed by atoms with Gasteiger partial charge >= 0.3 is 6.18 Å². The van der Waals surface area contributed by atoms with E-state index in [1.54, 1.807) is 0 Å². The standard InChI is InChI=1S/C10H7F3N2O/c1-15-7-4-2-3-6(5-16)8(7)9(14-15)10(11,12)13/h2-5H,1H3. The van der Waals surface area contributed by atoms with E-state index in [1.165, 1.54) is 25.2 Å². The first kappa shape index (κ1) is 10.7. The molecule has 3 nitrogen and oxygen atoms in total. The Bertz CT molecular complexity index is 557. The van der Waals surface area contributed by atoms with E-state index < -0.39 is 11.9 Å². The van der Waals surface area contributed by atoms with Crippen LogP contribution in [-0.4, -0.2) is 16.1 Å². The van der Waals surface area contributed by atoms with Crippen molar-refractivity contribution >= 4 is 17.2 Å². The number of aromatic nitrogens is 2. The highest BCUT2D eigenvalue weighted by molar-refractivity contribution is 5.98. The van der Waals surface area contributed by atoms with Gasteiger partial charge in [0, 0.05) is 18.0 Å². The van der Waals surface area contributed by atoms with Crippen LogP contribution in [0.25, 0.3) is 10.9 Å². The molecule has 0 aliphatic heterocycles. The van der Waals surface area contributed by atoms with Crippen LogP contribution in [-0.2, 0) is 13.2 Å². The highest BCUT2D eigenvalue weighted by Crippen LogP contribution is 2.34. The molecular formula is C10H7F3N2O. The first-order valence-electron chi connectivity index (χ1n) is 4.43. The molecule has 6 heteroatoms. The predicted molar refractivity (Wildman–Crippen MR) is 51.1 cm³/mol. The molecule has 2 rings (SSSR count). The number of hydrogen-bond donors (Lipinski definition) is 0. The molecule has 0 amide bonds. The number of nitrogens with zero attached hydrogens (tertiary/aromatic N) is 2. The number of benzene rings is 1. The molecule has 0 aliphatic rings. The van der Waals surface area contributed by atoms with Crippen LogP contribution < -0.4 is 0 Å². The van der Waals surface area contributed by atoms with E-state index >= 15 is 0 Å². The molecule has 1 aromatic heterocycles. The van der Waals surface area contributed by atoms with E-state index in [4.69, 9.17) is 0 Å². The second-order valence-electron chi connectivity index (χ2n) is 3.33. The number of carbonyl (C=O) groups is 1. The Hall–Kier alpha value is -1.85. The number of aryl methyl sites for hydroxylation is 1. The monoisotopic (exact) mass is 228 g/mol. The van der Waals surface area contributed by atoms with Gasteiger partial charge in [-0.05, 0) is 6.07 Å². The van der Waals surface area contributed by atoms with E-state index in [9.17, 15) is 18.0 Å². The summed E-state index contributed by atoms with van der Waals surface area (Å²) in [5, 5.41) is 3.26. The van der Waals surface area contributed by atoms with Gasteiger partial charge in [0.2, 0.25) is 0 Å². The average Bonchev–Trinajstić information content (AvgIpc) is 2.56. The van der Waals surface area contributed by atoms with Crippen molar-refractivity contribution < 1.29 is 18.0 Å². The molecule has 1 aromatic carbocycles. The summed E-state index contributed by atoms with van der Waals surface area (Å²) in [6.07, 6.45) is -4.15. The lowest BCUT2D eigenvalue weighted by Crippen LogP contribution is -2.07. The van der Waals surface area contributed by atoms with Gasteiger partial charge in [0.15, 0.2) is 12.0 Å². The summed E-state index contributed by atoms with van der Waals surface area (Å²) in [4.78, 5) is 10.7. The number of hydrogen-bond acceptors (Lipinski definition) is 2. The number of carbonyl (C=O) groups excluding carboxylic acids is 1. The van der Waals surface area contributed by atoms with Gasteiger partial charge in [-0.2, -0.15) is 18.3 Å². The van der Waals surface area contributed by atoms with Gasteiger partial charge in [-0.3, -0.25) is 9.48 Å². The van der Waals surface area contributed by atoms with Gasteiger partial charge in [-0.15, -0.1) is 0 Å². The minimum atomic E-state index is -4.56. The SMILES string of the molecule is Cn1nc(C(F)(F)F)c2c(C=O)cccc21. The first-order valence-corrected chi connectivity index (χ1v) is 4.43. The lowest BCUT2D eigenvalue weighted by atomic mass is 10.1. The Morgan fingerprint density at radius 1 is 1.38 bits per heavy atom. The Balaban J connectivity index is 2.91. The zero-order chi connectivity index (χ0) is 11.9. The fourth-order valence-corrected chi connectivity index (χ4v) is 1.64. The molecule has 84 valence electrons. The third-order valence-corrected chi connectivity index (χ3v) is 2.31. The van der Waals surface area contributed by atoms with Crippen molar-refractivity contribution in [1.29, 1.82) is 0 Å². The van der Waals surface area contributed by atoms with Crippen LogP contribution in [0.5, 0.6) is 0 Å². The van der Waals surface area contributed by atoms with E-state index in [1.807, 2.05) is 0 Å². The molecule has 0 aliphatic carbocycles. The predicted octanol–water partition coefficient (Wildman–Crippen LogP) is 2.40. The summed E-state index contributed by atoms with van der Waals surface area (Å²) in [5.74, 6) is 0. The molecule has 0 saturated carbocycles. The summed E-state index contributed by atoms with van der Waals surface area (Å²) in [6, 6.07) is 4.35. The van der Waals surface area contributed by atoms with Gasteiger partial charge in [0.25, 0.3) is 0 Å². The summed E-state index contributed by atoms with van der Waals surface area (Å²) in [5.41, 5.74) is -0.734. The molecule has 1 heterocycles. The van der Waals surface area contributed by atoms with E-state index in [2.05, 4.69) is 5.10 Å². The maximum Gasteiger partial charge on any atom is 0.435 e. The number of halogens is 3. The second-order valence-corrected chi connectivity index (χ2v) is 3.33. The molecule has 0 saturated heterocycles. The number of rotatable bonds is 1. The van der Waals surface area contributed by atoms with Crippen LogP contribution in [0, 0.1) is 0 Å². The highest BCUT2D eigenvalue weighted by atomic mass is 19.4. The van der Waals surface area contributed by atoms with Gasteiger partial charge in [0.1, 0.15) is 0 Å². The Morgan fingerprint density at radius 3 is 2.62 bits per heavy atom. The molecule has 2 aromatic rings. The summed E-state index contributed by atoms with van der Waals surface area (Å²) in [6.45, 7) is 0. The molecule has 0 fully saturated rings. The van der Waals surface area contributed by atoms with Crippen LogP contribution in [0.1, 0.15) is 16.1 Å². The molecule has 0 N–H and O–H groups in total. The molecule has 0 bridgehead atoms. The maximum absolute atomic E-state index is 12.7. The van der Waals surface area contributed by atoms with Crippen LogP contribution in [0.2, 0.25) is 0 Å².